The molecule has 0 spiro atoms. The Kier molecular flexibility index (Phi) is 4.76. The van der Waals surface area contributed by atoms with E-state index in [1.54, 1.807) is 19.9 Å². The van der Waals surface area contributed by atoms with E-state index >= 15 is 0 Å². The second kappa shape index (κ2) is 6.09. The Hall–Kier alpha value is -1.98. The molecule has 0 fully saturated rings. The van der Waals surface area contributed by atoms with Crippen molar-refractivity contribution in [2.24, 2.45) is 0 Å². The summed E-state index contributed by atoms with van der Waals surface area (Å²) >= 11 is 0. The maximum Gasteiger partial charge on any atom is 0.329 e. The van der Waals surface area contributed by atoms with Crippen LogP contribution in [0.1, 0.15) is 32.3 Å². The van der Waals surface area contributed by atoms with Crippen LogP contribution in [0.3, 0.4) is 0 Å². The summed E-state index contributed by atoms with van der Waals surface area (Å²) in [5.41, 5.74) is -0.389. The number of amides is 2. The van der Waals surface area contributed by atoms with Crippen molar-refractivity contribution in [3.05, 3.63) is 24.2 Å². The molecule has 0 saturated heterocycles. The lowest BCUT2D eigenvalue weighted by Gasteiger charge is -2.27. The SMILES string of the molecule is CCC(CC)(NC(=O)NCc1ccoc1)C(=O)O. The lowest BCUT2D eigenvalue weighted by atomic mass is 9.93. The van der Waals surface area contributed by atoms with E-state index in [-0.39, 0.29) is 0 Å². The van der Waals surface area contributed by atoms with Gasteiger partial charge in [-0.1, -0.05) is 13.8 Å². The van der Waals surface area contributed by atoms with Crippen LogP contribution < -0.4 is 10.6 Å². The summed E-state index contributed by atoms with van der Waals surface area (Å²) in [7, 11) is 0. The molecule has 1 aromatic heterocycles. The van der Waals surface area contributed by atoms with Gasteiger partial charge in [0.15, 0.2) is 0 Å². The van der Waals surface area contributed by atoms with Crippen molar-refractivity contribution >= 4 is 12.0 Å². The van der Waals surface area contributed by atoms with E-state index in [0.29, 0.717) is 19.4 Å². The molecule has 0 atom stereocenters. The number of carbonyl (C=O) groups is 2. The number of urea groups is 1. The second-order valence-electron chi connectivity index (χ2n) is 4.03. The summed E-state index contributed by atoms with van der Waals surface area (Å²) in [5, 5.41) is 14.3. The highest BCUT2D eigenvalue weighted by Gasteiger charge is 2.36. The molecular weight excluding hydrogens is 236 g/mol. The first kappa shape index (κ1) is 14.1. The van der Waals surface area contributed by atoms with Gasteiger partial charge in [0, 0.05) is 12.1 Å². The van der Waals surface area contributed by atoms with Gasteiger partial charge < -0.3 is 20.2 Å². The lowest BCUT2D eigenvalue weighted by Crippen LogP contribution is -2.56. The van der Waals surface area contributed by atoms with Crippen molar-refractivity contribution < 1.29 is 19.1 Å². The smallest absolute Gasteiger partial charge is 0.329 e. The molecule has 0 aliphatic carbocycles. The van der Waals surface area contributed by atoms with E-state index in [0.717, 1.165) is 5.56 Å². The van der Waals surface area contributed by atoms with E-state index in [1.165, 1.54) is 12.5 Å². The highest BCUT2D eigenvalue weighted by Crippen LogP contribution is 2.15. The predicted molar refractivity (Wildman–Crippen MR) is 65.0 cm³/mol. The van der Waals surface area contributed by atoms with Gasteiger partial charge in [-0.3, -0.25) is 0 Å². The lowest BCUT2D eigenvalue weighted by molar-refractivity contribution is -0.144. The first-order valence-electron chi connectivity index (χ1n) is 5.84. The molecule has 18 heavy (non-hydrogen) atoms. The van der Waals surface area contributed by atoms with Crippen molar-refractivity contribution in [1.29, 1.82) is 0 Å². The monoisotopic (exact) mass is 254 g/mol. The van der Waals surface area contributed by atoms with Gasteiger partial charge in [0.05, 0.1) is 12.5 Å². The minimum Gasteiger partial charge on any atom is -0.480 e. The van der Waals surface area contributed by atoms with Crippen LogP contribution in [0.2, 0.25) is 0 Å². The first-order chi connectivity index (χ1) is 8.54. The number of carboxylic acid groups (broad SMARTS) is 1. The molecule has 100 valence electrons. The molecule has 1 rings (SSSR count). The van der Waals surface area contributed by atoms with Crippen LogP contribution in [0.15, 0.2) is 23.0 Å². The molecule has 0 bridgehead atoms. The van der Waals surface area contributed by atoms with Gasteiger partial charge in [0.1, 0.15) is 5.54 Å². The van der Waals surface area contributed by atoms with Crippen LogP contribution in [0.4, 0.5) is 4.79 Å². The number of rotatable bonds is 6. The summed E-state index contributed by atoms with van der Waals surface area (Å²) in [4.78, 5) is 22.9. The predicted octanol–water partition coefficient (Wildman–Crippen LogP) is 1.72. The second-order valence-corrected chi connectivity index (χ2v) is 4.03. The van der Waals surface area contributed by atoms with Crippen LogP contribution in [-0.4, -0.2) is 22.6 Å². The number of carboxylic acids is 1. The topological polar surface area (TPSA) is 91.6 Å². The Balaban J connectivity index is 2.54. The maximum absolute atomic E-state index is 11.7. The number of furan rings is 1. The molecule has 6 heteroatoms. The molecule has 1 heterocycles. The zero-order chi connectivity index (χ0) is 13.6. The third-order valence-corrected chi connectivity index (χ3v) is 3.00. The van der Waals surface area contributed by atoms with Crippen LogP contribution in [0.5, 0.6) is 0 Å². The van der Waals surface area contributed by atoms with Gasteiger partial charge >= 0.3 is 12.0 Å². The molecule has 1 aromatic rings. The standard InChI is InChI=1S/C12H18N2O4/c1-3-12(4-2,10(15)16)14-11(17)13-7-9-5-6-18-8-9/h5-6,8H,3-4,7H2,1-2H3,(H,15,16)(H2,13,14,17). The summed E-state index contributed by atoms with van der Waals surface area (Å²) in [6.07, 6.45) is 3.69. The zero-order valence-corrected chi connectivity index (χ0v) is 10.5. The fourth-order valence-corrected chi connectivity index (χ4v) is 1.62. The fourth-order valence-electron chi connectivity index (χ4n) is 1.62. The molecular formula is C12H18N2O4. The van der Waals surface area contributed by atoms with Gasteiger partial charge in [0.25, 0.3) is 0 Å². The van der Waals surface area contributed by atoms with Crippen molar-refractivity contribution in [1.82, 2.24) is 10.6 Å². The van der Waals surface area contributed by atoms with Crippen LogP contribution in [-0.2, 0) is 11.3 Å². The number of nitrogens with one attached hydrogen (secondary N) is 2. The summed E-state index contributed by atoms with van der Waals surface area (Å²) in [6, 6.07) is 1.23. The molecule has 0 unspecified atom stereocenters. The van der Waals surface area contributed by atoms with Crippen LogP contribution in [0.25, 0.3) is 0 Å². The molecule has 0 aromatic carbocycles. The average Bonchev–Trinajstić information content (AvgIpc) is 2.86. The van der Waals surface area contributed by atoms with E-state index < -0.39 is 17.5 Å². The Labute approximate surface area is 105 Å². The third-order valence-electron chi connectivity index (χ3n) is 3.00. The minimum atomic E-state index is -1.21. The molecule has 0 aliphatic heterocycles. The fraction of sp³-hybridized carbons (Fsp3) is 0.500. The van der Waals surface area contributed by atoms with Gasteiger partial charge in [-0.25, -0.2) is 9.59 Å². The molecule has 0 saturated carbocycles. The number of hydrogen-bond acceptors (Lipinski definition) is 3. The van der Waals surface area contributed by atoms with Crippen LogP contribution >= 0.6 is 0 Å². The van der Waals surface area contributed by atoms with Gasteiger partial charge in [-0.15, -0.1) is 0 Å². The normalized spacial score (nSPS) is 11.0. The molecule has 0 aliphatic rings. The van der Waals surface area contributed by atoms with Crippen molar-refractivity contribution in [2.75, 3.05) is 0 Å². The van der Waals surface area contributed by atoms with Crippen molar-refractivity contribution in [2.45, 2.75) is 38.8 Å². The van der Waals surface area contributed by atoms with Gasteiger partial charge in [0.2, 0.25) is 0 Å². The van der Waals surface area contributed by atoms with Crippen LogP contribution in [0, 0.1) is 0 Å². The average molecular weight is 254 g/mol. The number of aliphatic carboxylic acids is 1. The Morgan fingerprint density at radius 1 is 1.39 bits per heavy atom. The van der Waals surface area contributed by atoms with E-state index in [4.69, 9.17) is 9.52 Å². The zero-order valence-electron chi connectivity index (χ0n) is 10.5. The number of carbonyl (C=O) groups excluding carboxylic acids is 1. The largest absolute Gasteiger partial charge is 0.480 e. The summed E-state index contributed by atoms with van der Waals surface area (Å²) in [6.45, 7) is 3.76. The molecule has 2 amide bonds. The Morgan fingerprint density at radius 3 is 2.50 bits per heavy atom. The van der Waals surface area contributed by atoms with E-state index in [1.807, 2.05) is 0 Å². The highest BCUT2D eigenvalue weighted by atomic mass is 16.4. The number of hydrogen-bond donors (Lipinski definition) is 3. The quantitative estimate of drug-likeness (QED) is 0.720. The van der Waals surface area contributed by atoms with Gasteiger partial charge in [-0.2, -0.15) is 0 Å². The van der Waals surface area contributed by atoms with Gasteiger partial charge in [-0.05, 0) is 18.9 Å². The van der Waals surface area contributed by atoms with Crippen molar-refractivity contribution in [3.8, 4) is 0 Å². The van der Waals surface area contributed by atoms with E-state index in [2.05, 4.69) is 10.6 Å². The van der Waals surface area contributed by atoms with E-state index in [9.17, 15) is 9.59 Å². The van der Waals surface area contributed by atoms with Crippen molar-refractivity contribution in [3.63, 3.8) is 0 Å². The minimum absolute atomic E-state index is 0.297. The first-order valence-corrected chi connectivity index (χ1v) is 5.84. The Bertz CT molecular complexity index is 396. The summed E-state index contributed by atoms with van der Waals surface area (Å²) in [5.74, 6) is -1.02. The maximum atomic E-state index is 11.7. The summed E-state index contributed by atoms with van der Waals surface area (Å²) < 4.78 is 4.86. The molecule has 6 nitrogen and oxygen atoms in total. The third kappa shape index (κ3) is 3.26. The Morgan fingerprint density at radius 2 is 2.06 bits per heavy atom. The highest BCUT2D eigenvalue weighted by molar-refractivity contribution is 5.86. The molecule has 3 N–H and O–H groups in total. The molecule has 0 radical (unpaired) electrons.